The number of aromatic nitrogens is 1. The molecule has 10 nitrogen and oxygen atoms in total. The molecule has 0 saturated carbocycles. The topological polar surface area (TPSA) is 116 Å². The summed E-state index contributed by atoms with van der Waals surface area (Å²) >= 11 is 0. The Balaban J connectivity index is 1.22. The number of rotatable bonds is 8. The fourth-order valence-electron chi connectivity index (χ4n) is 6.36. The van der Waals surface area contributed by atoms with E-state index in [1.54, 1.807) is 42.0 Å². The van der Waals surface area contributed by atoms with Crippen LogP contribution in [-0.2, 0) is 18.3 Å². The maximum atomic E-state index is 13.9. The van der Waals surface area contributed by atoms with Crippen molar-refractivity contribution in [2.45, 2.75) is 32.4 Å². The fraction of sp³-hybridized carbons (Fsp3) is 0.289. The van der Waals surface area contributed by atoms with Crippen LogP contribution in [0.5, 0.6) is 5.75 Å². The van der Waals surface area contributed by atoms with Crippen molar-refractivity contribution in [3.8, 4) is 5.75 Å². The molecule has 4 aromatic carbocycles. The molecular formula is C38H41N5O5. The lowest BCUT2D eigenvalue weighted by molar-refractivity contribution is -0.115. The van der Waals surface area contributed by atoms with Gasteiger partial charge in [0.15, 0.2) is 0 Å². The number of hydrogen-bond donors (Lipinski definition) is 3. The monoisotopic (exact) mass is 647 g/mol. The minimum Gasteiger partial charge on any atom is -0.487 e. The first-order valence-corrected chi connectivity index (χ1v) is 16.2. The molecule has 1 aliphatic heterocycles. The normalized spacial score (nSPS) is 16.9. The average Bonchev–Trinajstić information content (AvgIpc) is 3.40. The first kappa shape index (κ1) is 32.6. The van der Waals surface area contributed by atoms with E-state index in [4.69, 9.17) is 4.74 Å². The van der Waals surface area contributed by atoms with E-state index in [0.29, 0.717) is 23.7 Å². The minimum atomic E-state index is -0.472. The van der Waals surface area contributed by atoms with Crippen molar-refractivity contribution in [2.75, 3.05) is 37.4 Å². The van der Waals surface area contributed by atoms with E-state index in [1.165, 1.54) is 0 Å². The smallest absolute Gasteiger partial charge is 0.321 e. The summed E-state index contributed by atoms with van der Waals surface area (Å²) in [5.41, 5.74) is 3.40. The van der Waals surface area contributed by atoms with Gasteiger partial charge in [0.1, 0.15) is 11.9 Å². The molecule has 1 aliphatic rings. The molecule has 0 fully saturated rings. The number of para-hydroxylation sites is 1. The van der Waals surface area contributed by atoms with Crippen LogP contribution in [0.15, 0.2) is 91.1 Å². The number of urea groups is 1. The molecule has 6 rings (SSSR count). The van der Waals surface area contributed by atoms with E-state index in [2.05, 4.69) is 10.6 Å². The van der Waals surface area contributed by atoms with Crippen LogP contribution in [0.25, 0.3) is 21.7 Å². The summed E-state index contributed by atoms with van der Waals surface area (Å²) in [6.45, 7) is 4.10. The Labute approximate surface area is 279 Å². The lowest BCUT2D eigenvalue weighted by atomic mass is 9.99. The zero-order valence-corrected chi connectivity index (χ0v) is 27.6. The van der Waals surface area contributed by atoms with Crippen molar-refractivity contribution in [1.82, 2.24) is 14.4 Å². The summed E-state index contributed by atoms with van der Waals surface area (Å²) in [5.74, 6) is -0.342. The molecule has 10 heteroatoms. The number of benzene rings is 4. The van der Waals surface area contributed by atoms with Crippen molar-refractivity contribution < 1.29 is 24.2 Å². The lowest BCUT2D eigenvalue weighted by Gasteiger charge is -2.38. The molecule has 1 aromatic heterocycles. The highest BCUT2D eigenvalue weighted by atomic mass is 16.5. The van der Waals surface area contributed by atoms with Gasteiger partial charge >= 0.3 is 6.03 Å². The largest absolute Gasteiger partial charge is 0.487 e. The number of carbonyl (C=O) groups excluding carboxylic acids is 3. The van der Waals surface area contributed by atoms with Crippen LogP contribution < -0.4 is 15.4 Å². The summed E-state index contributed by atoms with van der Waals surface area (Å²) in [6.07, 6.45) is 1.65. The van der Waals surface area contributed by atoms with Crippen LogP contribution in [0, 0.1) is 5.92 Å². The molecule has 0 unspecified atom stereocenters. The van der Waals surface area contributed by atoms with Crippen molar-refractivity contribution in [1.29, 1.82) is 0 Å². The second-order valence-corrected chi connectivity index (χ2v) is 12.7. The number of ether oxygens (including phenoxy) is 1. The fourth-order valence-corrected chi connectivity index (χ4v) is 6.36. The number of hydrogen-bond acceptors (Lipinski definition) is 5. The minimum absolute atomic E-state index is 0.170. The Morgan fingerprint density at radius 3 is 2.52 bits per heavy atom. The zero-order chi connectivity index (χ0) is 33.9. The van der Waals surface area contributed by atoms with Crippen LogP contribution in [-0.4, -0.2) is 76.2 Å². The number of anilines is 2. The number of fused-ring (bicyclic) bond motifs is 3. The van der Waals surface area contributed by atoms with Crippen molar-refractivity contribution >= 4 is 50.9 Å². The molecule has 248 valence electrons. The molecule has 0 bridgehead atoms. The number of amides is 4. The molecular weight excluding hydrogens is 606 g/mol. The van der Waals surface area contributed by atoms with E-state index in [9.17, 15) is 19.5 Å². The maximum Gasteiger partial charge on any atom is 0.321 e. The van der Waals surface area contributed by atoms with E-state index in [1.807, 2.05) is 91.5 Å². The highest BCUT2D eigenvalue weighted by Crippen LogP contribution is 2.31. The van der Waals surface area contributed by atoms with E-state index in [0.717, 1.165) is 27.2 Å². The van der Waals surface area contributed by atoms with Crippen LogP contribution >= 0.6 is 0 Å². The number of aliphatic hydroxyl groups is 1. The van der Waals surface area contributed by atoms with Gasteiger partial charge in [-0.3, -0.25) is 9.59 Å². The molecule has 2 heterocycles. The first-order valence-electron chi connectivity index (χ1n) is 16.2. The third kappa shape index (κ3) is 6.70. The molecule has 0 radical (unpaired) electrons. The standard InChI is InChI=1S/C38H41N5O5/c1-24-20-43(25(2)23-44)37(46)31-19-28(39-36(45)18-27-21-41(3)33-15-8-7-13-30(27)33)16-17-34(31)48-35(24)22-42(4)38(47)40-32-14-9-11-26-10-5-6-12-29(26)32/h5-17,19,21,24-25,35,44H,18,20,22-23H2,1-4H3,(H,39,45)(H,40,47)/t24-,25+,35-/m0/s1. The second kappa shape index (κ2) is 13.8. The van der Waals surface area contributed by atoms with E-state index < -0.39 is 12.1 Å². The molecule has 3 atom stereocenters. The highest BCUT2D eigenvalue weighted by Gasteiger charge is 2.34. The molecule has 4 amide bonds. The first-order chi connectivity index (χ1) is 23.1. The average molecular weight is 648 g/mol. The van der Waals surface area contributed by atoms with E-state index in [-0.39, 0.29) is 48.9 Å². The van der Waals surface area contributed by atoms with E-state index >= 15 is 0 Å². The number of aryl methyl sites for hydroxylation is 1. The molecule has 48 heavy (non-hydrogen) atoms. The molecule has 0 spiro atoms. The van der Waals surface area contributed by atoms with Crippen LogP contribution in [0.3, 0.4) is 0 Å². The van der Waals surface area contributed by atoms with Crippen LogP contribution in [0.1, 0.15) is 29.8 Å². The number of carbonyl (C=O) groups is 3. The Hall–Kier alpha value is -5.35. The van der Waals surface area contributed by atoms with Crippen molar-refractivity contribution in [3.05, 3.63) is 102 Å². The van der Waals surface area contributed by atoms with Gasteiger partial charge in [0, 0.05) is 54.7 Å². The number of nitrogens with one attached hydrogen (secondary N) is 2. The Kier molecular flexibility index (Phi) is 9.36. The summed E-state index contributed by atoms with van der Waals surface area (Å²) in [7, 11) is 3.66. The summed E-state index contributed by atoms with van der Waals surface area (Å²) in [6, 6.07) is 25.9. The van der Waals surface area contributed by atoms with Gasteiger partial charge in [-0.05, 0) is 48.2 Å². The highest BCUT2D eigenvalue weighted by molar-refractivity contribution is 6.02. The number of likely N-dealkylation sites (N-methyl/N-ethyl adjacent to an activating group) is 1. The summed E-state index contributed by atoms with van der Waals surface area (Å²) in [4.78, 5) is 43.7. The van der Waals surface area contributed by atoms with Gasteiger partial charge < -0.3 is 34.8 Å². The third-order valence-corrected chi connectivity index (χ3v) is 9.11. The van der Waals surface area contributed by atoms with Crippen molar-refractivity contribution in [2.24, 2.45) is 13.0 Å². The zero-order valence-electron chi connectivity index (χ0n) is 27.6. The SMILES string of the molecule is C[C@H](CO)N1C[C@H](C)[C@H](CN(C)C(=O)Nc2cccc3ccccc23)Oc2ccc(NC(=O)Cc3cn(C)c4ccccc34)cc2C1=O. The number of aliphatic hydroxyl groups excluding tert-OH is 1. The molecule has 0 aliphatic carbocycles. The van der Waals surface area contributed by atoms with Crippen molar-refractivity contribution in [3.63, 3.8) is 0 Å². The third-order valence-electron chi connectivity index (χ3n) is 9.11. The van der Waals surface area contributed by atoms with Gasteiger partial charge in [0.2, 0.25) is 5.91 Å². The Morgan fingerprint density at radius 1 is 1.00 bits per heavy atom. The predicted molar refractivity (Wildman–Crippen MR) is 188 cm³/mol. The van der Waals surface area contributed by atoms with Gasteiger partial charge in [-0.2, -0.15) is 0 Å². The van der Waals surface area contributed by atoms with Crippen LogP contribution in [0.4, 0.5) is 16.2 Å². The predicted octanol–water partition coefficient (Wildman–Crippen LogP) is 5.90. The molecule has 5 aromatic rings. The summed E-state index contributed by atoms with van der Waals surface area (Å²) in [5, 5.41) is 19.0. The van der Waals surface area contributed by atoms with Gasteiger partial charge in [0.25, 0.3) is 5.91 Å². The maximum absolute atomic E-state index is 13.9. The van der Waals surface area contributed by atoms with Gasteiger partial charge in [-0.1, -0.05) is 61.5 Å². The summed E-state index contributed by atoms with van der Waals surface area (Å²) < 4.78 is 8.48. The quantitative estimate of drug-likeness (QED) is 0.194. The van der Waals surface area contributed by atoms with Gasteiger partial charge in [-0.25, -0.2) is 4.79 Å². The Morgan fingerprint density at radius 2 is 1.73 bits per heavy atom. The molecule has 3 N–H and O–H groups in total. The van der Waals surface area contributed by atoms with Crippen LogP contribution in [0.2, 0.25) is 0 Å². The Bertz CT molecular complexity index is 1980. The molecule has 0 saturated heterocycles. The second-order valence-electron chi connectivity index (χ2n) is 12.7. The number of nitrogens with zero attached hydrogens (tertiary/aromatic N) is 3. The lowest BCUT2D eigenvalue weighted by Crippen LogP contribution is -2.50. The van der Waals surface area contributed by atoms with Gasteiger partial charge in [-0.15, -0.1) is 0 Å². The van der Waals surface area contributed by atoms with Gasteiger partial charge in [0.05, 0.1) is 36.9 Å².